The number of carbonyl (C=O) groups is 2. The van der Waals surface area contributed by atoms with Crippen LogP contribution in [0.4, 0.5) is 0 Å². The molecule has 8 atom stereocenters. The third-order valence-corrected chi connectivity index (χ3v) is 4.68. The standard InChI is InChI=1S/C16H19N3O12/c17-12(25)11(31-15-7(22)4(20)3-5(29-15)14(26)27)10-8(23)9(24)13(30-10)19-6(21)1-2-18-16(19)28/h1-4,7-11,13,15,20,22-24H,(H2,17,25)(H,18,28)(H,26,27). The molecule has 1 saturated heterocycles. The highest BCUT2D eigenvalue weighted by Gasteiger charge is 2.51. The second-order valence-corrected chi connectivity index (χ2v) is 6.73. The SMILES string of the molecule is NC(=O)C(OC1OC(C(=O)O)=CC(O)C1O)C1OC(n2c(=O)cc[nH]c2=O)C(O)C1O. The van der Waals surface area contributed by atoms with Gasteiger partial charge in [0.25, 0.3) is 5.56 Å². The molecule has 0 radical (unpaired) electrons. The molecular formula is C16H19N3O12. The molecule has 31 heavy (non-hydrogen) atoms. The van der Waals surface area contributed by atoms with Crippen LogP contribution in [0.15, 0.2) is 33.7 Å². The van der Waals surface area contributed by atoms with Crippen LogP contribution in [0, 0.1) is 0 Å². The lowest BCUT2D eigenvalue weighted by molar-refractivity contribution is -0.242. The molecule has 1 aromatic heterocycles. The third kappa shape index (κ3) is 4.22. The van der Waals surface area contributed by atoms with Crippen LogP contribution in [-0.2, 0) is 23.8 Å². The Morgan fingerprint density at radius 3 is 2.42 bits per heavy atom. The molecule has 170 valence electrons. The number of ether oxygens (including phenoxy) is 3. The fraction of sp³-hybridized carbons (Fsp3) is 0.500. The van der Waals surface area contributed by atoms with Gasteiger partial charge in [0.1, 0.15) is 30.5 Å². The normalized spacial score (nSPS) is 33.9. The molecule has 3 rings (SSSR count). The van der Waals surface area contributed by atoms with E-state index in [2.05, 4.69) is 4.98 Å². The number of hydrogen-bond donors (Lipinski definition) is 7. The lowest BCUT2D eigenvalue weighted by atomic mass is 10.0. The zero-order valence-electron chi connectivity index (χ0n) is 15.5. The summed E-state index contributed by atoms with van der Waals surface area (Å²) in [4.78, 5) is 49.2. The van der Waals surface area contributed by atoms with Crippen molar-refractivity contribution in [3.63, 3.8) is 0 Å². The molecular weight excluding hydrogens is 426 g/mol. The van der Waals surface area contributed by atoms with Crippen molar-refractivity contribution in [2.75, 3.05) is 0 Å². The number of rotatable bonds is 6. The second kappa shape index (κ2) is 8.58. The Kier molecular flexibility index (Phi) is 6.25. The number of carboxylic acid groups (broad SMARTS) is 1. The van der Waals surface area contributed by atoms with Crippen LogP contribution in [0.5, 0.6) is 0 Å². The third-order valence-electron chi connectivity index (χ3n) is 4.68. The Bertz CT molecular complexity index is 974. The minimum Gasteiger partial charge on any atom is -0.475 e. The first kappa shape index (κ1) is 22.6. The summed E-state index contributed by atoms with van der Waals surface area (Å²) in [5, 5.41) is 49.4. The Hall–Kier alpha value is -3.08. The molecule has 0 spiro atoms. The highest BCUT2D eigenvalue weighted by molar-refractivity contribution is 5.84. The van der Waals surface area contributed by atoms with Gasteiger partial charge < -0.3 is 50.5 Å². The van der Waals surface area contributed by atoms with Crippen molar-refractivity contribution in [2.45, 2.75) is 49.1 Å². The number of aliphatic hydroxyl groups excluding tert-OH is 4. The van der Waals surface area contributed by atoms with Crippen LogP contribution in [0.3, 0.4) is 0 Å². The minimum atomic E-state index is -1.96. The Morgan fingerprint density at radius 1 is 1.16 bits per heavy atom. The number of nitrogens with two attached hydrogens (primary N) is 1. The second-order valence-electron chi connectivity index (χ2n) is 6.73. The predicted octanol–water partition coefficient (Wildman–Crippen LogP) is -4.93. The number of hydrogen-bond acceptors (Lipinski definition) is 11. The molecule has 1 fully saturated rings. The van der Waals surface area contributed by atoms with E-state index < -0.39 is 78.0 Å². The number of aromatic amines is 1. The lowest BCUT2D eigenvalue weighted by Gasteiger charge is -2.34. The van der Waals surface area contributed by atoms with Crippen molar-refractivity contribution in [2.24, 2.45) is 5.73 Å². The lowest BCUT2D eigenvalue weighted by Crippen LogP contribution is -2.53. The van der Waals surface area contributed by atoms with Crippen molar-refractivity contribution in [1.29, 1.82) is 0 Å². The summed E-state index contributed by atoms with van der Waals surface area (Å²) in [6.45, 7) is 0. The minimum absolute atomic E-state index is 0.451. The number of H-pyrrole nitrogens is 1. The van der Waals surface area contributed by atoms with Gasteiger partial charge in [0.05, 0.1) is 0 Å². The number of carbonyl (C=O) groups excluding carboxylic acids is 1. The van der Waals surface area contributed by atoms with Crippen LogP contribution in [0.25, 0.3) is 0 Å². The number of amides is 1. The van der Waals surface area contributed by atoms with Crippen molar-refractivity contribution < 1.29 is 49.3 Å². The fourth-order valence-electron chi connectivity index (χ4n) is 3.15. The maximum Gasteiger partial charge on any atom is 0.371 e. The van der Waals surface area contributed by atoms with Crippen LogP contribution >= 0.6 is 0 Å². The zero-order chi connectivity index (χ0) is 23.0. The first-order chi connectivity index (χ1) is 14.5. The Balaban J connectivity index is 1.87. The maximum absolute atomic E-state index is 12.0. The van der Waals surface area contributed by atoms with E-state index in [1.165, 1.54) is 0 Å². The van der Waals surface area contributed by atoms with Gasteiger partial charge in [0, 0.05) is 12.3 Å². The summed E-state index contributed by atoms with van der Waals surface area (Å²) >= 11 is 0. The Morgan fingerprint density at radius 2 is 1.84 bits per heavy atom. The van der Waals surface area contributed by atoms with Crippen molar-refractivity contribution in [1.82, 2.24) is 9.55 Å². The number of nitrogens with zero attached hydrogens (tertiary/aromatic N) is 1. The average molecular weight is 445 g/mol. The quantitative estimate of drug-likeness (QED) is 0.218. The predicted molar refractivity (Wildman–Crippen MR) is 93.9 cm³/mol. The molecule has 1 aromatic rings. The van der Waals surface area contributed by atoms with Gasteiger partial charge in [-0.1, -0.05) is 0 Å². The topological polar surface area (TPSA) is 244 Å². The highest BCUT2D eigenvalue weighted by atomic mass is 16.7. The van der Waals surface area contributed by atoms with Gasteiger partial charge in [0.15, 0.2) is 12.3 Å². The number of primary amides is 1. The molecule has 15 heteroatoms. The zero-order valence-corrected chi connectivity index (χ0v) is 15.5. The monoisotopic (exact) mass is 445 g/mol. The molecule has 8 N–H and O–H groups in total. The van der Waals surface area contributed by atoms with Crippen LogP contribution in [0.2, 0.25) is 0 Å². The van der Waals surface area contributed by atoms with E-state index in [-0.39, 0.29) is 0 Å². The van der Waals surface area contributed by atoms with E-state index in [0.29, 0.717) is 10.6 Å². The first-order valence-corrected chi connectivity index (χ1v) is 8.77. The van der Waals surface area contributed by atoms with Crippen LogP contribution < -0.4 is 17.0 Å². The first-order valence-electron chi connectivity index (χ1n) is 8.77. The molecule has 3 heterocycles. The van der Waals surface area contributed by atoms with E-state index in [1.807, 2.05) is 0 Å². The molecule has 2 aliphatic heterocycles. The summed E-state index contributed by atoms with van der Waals surface area (Å²) in [6.07, 6.45) is -13.0. The fourth-order valence-corrected chi connectivity index (χ4v) is 3.15. The van der Waals surface area contributed by atoms with Crippen molar-refractivity contribution in [3.8, 4) is 0 Å². The number of nitrogens with one attached hydrogen (secondary N) is 1. The van der Waals surface area contributed by atoms with E-state index in [1.54, 1.807) is 0 Å². The van der Waals surface area contributed by atoms with E-state index >= 15 is 0 Å². The molecule has 2 aliphatic rings. The van der Waals surface area contributed by atoms with Gasteiger partial charge >= 0.3 is 11.7 Å². The Labute approximate surface area is 171 Å². The molecule has 8 unspecified atom stereocenters. The summed E-state index contributed by atoms with van der Waals surface area (Å²) in [5.41, 5.74) is 3.39. The number of aromatic nitrogens is 2. The van der Waals surface area contributed by atoms with Gasteiger partial charge in [-0.15, -0.1) is 0 Å². The smallest absolute Gasteiger partial charge is 0.371 e. The molecule has 0 aliphatic carbocycles. The molecule has 15 nitrogen and oxygen atoms in total. The number of aliphatic carboxylic acids is 1. The summed E-state index contributed by atoms with van der Waals surface area (Å²) in [5.74, 6) is -3.69. The molecule has 0 saturated carbocycles. The van der Waals surface area contributed by atoms with Crippen LogP contribution in [0.1, 0.15) is 6.23 Å². The largest absolute Gasteiger partial charge is 0.475 e. The molecule has 0 aromatic carbocycles. The van der Waals surface area contributed by atoms with Gasteiger partial charge in [-0.2, -0.15) is 0 Å². The average Bonchev–Trinajstić information content (AvgIpc) is 2.97. The van der Waals surface area contributed by atoms with Crippen LogP contribution in [-0.4, -0.2) is 89.9 Å². The molecule has 1 amide bonds. The number of carboxylic acids is 1. The van der Waals surface area contributed by atoms with Crippen molar-refractivity contribution >= 4 is 11.9 Å². The van der Waals surface area contributed by atoms with Gasteiger partial charge in [-0.05, 0) is 6.08 Å². The van der Waals surface area contributed by atoms with E-state index in [4.69, 9.17) is 25.1 Å². The molecule has 0 bridgehead atoms. The van der Waals surface area contributed by atoms with Gasteiger partial charge in [0.2, 0.25) is 18.0 Å². The highest BCUT2D eigenvalue weighted by Crippen LogP contribution is 2.32. The summed E-state index contributed by atoms with van der Waals surface area (Å²) in [6, 6.07) is 0.951. The summed E-state index contributed by atoms with van der Waals surface area (Å²) in [7, 11) is 0. The summed E-state index contributed by atoms with van der Waals surface area (Å²) < 4.78 is 15.9. The van der Waals surface area contributed by atoms with Gasteiger partial charge in [-0.3, -0.25) is 9.59 Å². The van der Waals surface area contributed by atoms with Gasteiger partial charge in [-0.25, -0.2) is 14.2 Å². The van der Waals surface area contributed by atoms with E-state index in [9.17, 15) is 39.6 Å². The number of aliphatic hydroxyl groups is 4. The van der Waals surface area contributed by atoms with E-state index in [0.717, 1.165) is 12.3 Å². The maximum atomic E-state index is 12.0. The van der Waals surface area contributed by atoms with Crippen molar-refractivity contribution in [3.05, 3.63) is 44.9 Å².